The van der Waals surface area contributed by atoms with Crippen molar-refractivity contribution in [1.82, 2.24) is 0 Å². The molecule has 0 N–H and O–H groups in total. The van der Waals surface area contributed by atoms with Gasteiger partial charge >= 0.3 is 0 Å². The van der Waals surface area contributed by atoms with Crippen LogP contribution < -0.4 is 4.74 Å². The largest absolute Gasteiger partial charge is 0.496 e. The third-order valence-electron chi connectivity index (χ3n) is 3.96. The Morgan fingerprint density at radius 3 is 2.88 bits per heavy atom. The van der Waals surface area contributed by atoms with E-state index < -0.39 is 0 Å². The molecule has 1 aliphatic rings. The van der Waals surface area contributed by atoms with Crippen LogP contribution in [-0.2, 0) is 6.42 Å². The summed E-state index contributed by atoms with van der Waals surface area (Å²) >= 11 is 0. The summed E-state index contributed by atoms with van der Waals surface area (Å²) in [6.07, 6.45) is 4.23. The van der Waals surface area contributed by atoms with Crippen LogP contribution in [0.5, 0.6) is 5.75 Å². The minimum atomic E-state index is 0.621. The Labute approximate surface area is 102 Å². The lowest BCUT2D eigenvalue weighted by atomic mass is 9.78. The molecule has 0 spiro atoms. The molecule has 17 heavy (non-hydrogen) atoms. The first-order chi connectivity index (χ1) is 8.22. The van der Waals surface area contributed by atoms with Gasteiger partial charge in [-0.25, -0.2) is 0 Å². The average molecular weight is 230 g/mol. The second-order valence-electron chi connectivity index (χ2n) is 5.20. The van der Waals surface area contributed by atoms with E-state index in [0.717, 1.165) is 17.8 Å². The molecular formula is C15H18O2. The van der Waals surface area contributed by atoms with Crippen molar-refractivity contribution in [1.29, 1.82) is 0 Å². The monoisotopic (exact) mass is 230 g/mol. The van der Waals surface area contributed by atoms with Crippen molar-refractivity contribution in [2.24, 2.45) is 5.92 Å². The Morgan fingerprint density at radius 1 is 1.35 bits per heavy atom. The highest BCUT2D eigenvalue weighted by atomic mass is 16.5. The molecule has 0 saturated carbocycles. The predicted octanol–water partition coefficient (Wildman–Crippen LogP) is 4.13. The third-order valence-corrected chi connectivity index (χ3v) is 3.96. The molecule has 0 aliphatic heterocycles. The first-order valence-electron chi connectivity index (χ1n) is 6.29. The molecule has 2 aromatic rings. The molecule has 1 unspecified atom stereocenters. The van der Waals surface area contributed by atoms with Crippen molar-refractivity contribution in [3.8, 4) is 5.75 Å². The second kappa shape index (κ2) is 3.80. The highest BCUT2D eigenvalue weighted by Gasteiger charge is 2.28. The molecule has 2 heteroatoms. The average Bonchev–Trinajstić information content (AvgIpc) is 2.75. The van der Waals surface area contributed by atoms with Gasteiger partial charge in [-0.2, -0.15) is 0 Å². The SMILES string of the molecule is COc1ccc2occ3c2c1CCC3C(C)C. The summed E-state index contributed by atoms with van der Waals surface area (Å²) in [5.41, 5.74) is 3.70. The number of ether oxygens (including phenoxy) is 1. The van der Waals surface area contributed by atoms with E-state index in [9.17, 15) is 0 Å². The first kappa shape index (κ1) is 10.7. The highest BCUT2D eigenvalue weighted by molar-refractivity contribution is 5.88. The lowest BCUT2D eigenvalue weighted by Crippen LogP contribution is -2.12. The quantitative estimate of drug-likeness (QED) is 0.774. The van der Waals surface area contributed by atoms with Gasteiger partial charge < -0.3 is 9.15 Å². The Balaban J connectivity index is 2.27. The number of methoxy groups -OCH3 is 1. The lowest BCUT2D eigenvalue weighted by Gasteiger charge is -2.25. The van der Waals surface area contributed by atoms with Crippen LogP contribution in [0, 0.1) is 5.92 Å². The molecule has 0 radical (unpaired) electrons. The number of rotatable bonds is 2. The number of furan rings is 1. The van der Waals surface area contributed by atoms with E-state index in [1.807, 2.05) is 18.4 Å². The van der Waals surface area contributed by atoms with E-state index >= 15 is 0 Å². The fraction of sp³-hybridized carbons (Fsp3) is 0.467. The van der Waals surface area contributed by atoms with Crippen LogP contribution in [0.15, 0.2) is 22.8 Å². The fourth-order valence-electron chi connectivity index (χ4n) is 3.07. The Kier molecular flexibility index (Phi) is 2.39. The molecule has 3 rings (SSSR count). The number of aryl methyl sites for hydroxylation is 1. The normalized spacial score (nSPS) is 18.9. The zero-order chi connectivity index (χ0) is 12.0. The van der Waals surface area contributed by atoms with Crippen molar-refractivity contribution in [2.45, 2.75) is 32.6 Å². The molecule has 0 saturated heterocycles. The summed E-state index contributed by atoms with van der Waals surface area (Å²) in [7, 11) is 1.74. The molecular weight excluding hydrogens is 212 g/mol. The maximum absolute atomic E-state index is 5.69. The van der Waals surface area contributed by atoms with Gasteiger partial charge in [0.1, 0.15) is 11.3 Å². The van der Waals surface area contributed by atoms with Crippen LogP contribution in [0.2, 0.25) is 0 Å². The molecule has 1 aromatic carbocycles. The summed E-state index contributed by atoms with van der Waals surface area (Å²) < 4.78 is 11.1. The Morgan fingerprint density at radius 2 is 2.18 bits per heavy atom. The summed E-state index contributed by atoms with van der Waals surface area (Å²) in [5, 5.41) is 1.30. The van der Waals surface area contributed by atoms with Gasteiger partial charge in [-0.15, -0.1) is 0 Å². The third kappa shape index (κ3) is 1.47. The van der Waals surface area contributed by atoms with Crippen molar-refractivity contribution in [2.75, 3.05) is 7.11 Å². The minimum absolute atomic E-state index is 0.621. The second-order valence-corrected chi connectivity index (χ2v) is 5.20. The van der Waals surface area contributed by atoms with Crippen LogP contribution in [0.3, 0.4) is 0 Å². The van der Waals surface area contributed by atoms with Gasteiger partial charge in [-0.1, -0.05) is 13.8 Å². The molecule has 1 aliphatic carbocycles. The van der Waals surface area contributed by atoms with E-state index in [0.29, 0.717) is 11.8 Å². The molecule has 0 fully saturated rings. The van der Waals surface area contributed by atoms with E-state index in [2.05, 4.69) is 13.8 Å². The number of hydrogen-bond donors (Lipinski definition) is 0. The van der Waals surface area contributed by atoms with E-state index in [-0.39, 0.29) is 0 Å². The van der Waals surface area contributed by atoms with E-state index in [4.69, 9.17) is 9.15 Å². The van der Waals surface area contributed by atoms with Crippen molar-refractivity contribution in [3.63, 3.8) is 0 Å². The van der Waals surface area contributed by atoms with Crippen LogP contribution in [0.4, 0.5) is 0 Å². The zero-order valence-electron chi connectivity index (χ0n) is 10.6. The molecule has 1 aromatic heterocycles. The fourth-order valence-corrected chi connectivity index (χ4v) is 3.07. The van der Waals surface area contributed by atoms with Crippen LogP contribution >= 0.6 is 0 Å². The Hall–Kier alpha value is -1.44. The topological polar surface area (TPSA) is 22.4 Å². The van der Waals surface area contributed by atoms with Gasteiger partial charge in [-0.3, -0.25) is 0 Å². The number of hydrogen-bond acceptors (Lipinski definition) is 2. The van der Waals surface area contributed by atoms with Gasteiger partial charge in [0.2, 0.25) is 0 Å². The minimum Gasteiger partial charge on any atom is -0.496 e. The van der Waals surface area contributed by atoms with Crippen molar-refractivity contribution >= 4 is 11.0 Å². The van der Waals surface area contributed by atoms with Crippen molar-refractivity contribution < 1.29 is 9.15 Å². The maximum Gasteiger partial charge on any atom is 0.134 e. The summed E-state index contributed by atoms with van der Waals surface area (Å²) in [6, 6.07) is 4.03. The maximum atomic E-state index is 5.69. The standard InChI is InChI=1S/C15H18O2/c1-9(2)10-4-5-11-13(16-3)6-7-14-15(11)12(10)8-17-14/h6-10H,4-5H2,1-3H3. The van der Waals surface area contributed by atoms with Gasteiger partial charge in [0, 0.05) is 16.5 Å². The van der Waals surface area contributed by atoms with Gasteiger partial charge in [0.25, 0.3) is 0 Å². The highest BCUT2D eigenvalue weighted by Crippen LogP contribution is 2.44. The van der Waals surface area contributed by atoms with Crippen LogP contribution in [-0.4, -0.2) is 7.11 Å². The van der Waals surface area contributed by atoms with Crippen molar-refractivity contribution in [3.05, 3.63) is 29.5 Å². The molecule has 2 nitrogen and oxygen atoms in total. The van der Waals surface area contributed by atoms with Crippen LogP contribution in [0.1, 0.15) is 37.3 Å². The van der Waals surface area contributed by atoms with Crippen LogP contribution in [0.25, 0.3) is 11.0 Å². The van der Waals surface area contributed by atoms with Gasteiger partial charge in [0.15, 0.2) is 0 Å². The number of benzene rings is 1. The van der Waals surface area contributed by atoms with Gasteiger partial charge in [0.05, 0.1) is 13.4 Å². The predicted molar refractivity (Wildman–Crippen MR) is 68.7 cm³/mol. The lowest BCUT2D eigenvalue weighted by molar-refractivity contribution is 0.403. The van der Waals surface area contributed by atoms with E-state index in [1.54, 1.807) is 7.11 Å². The summed E-state index contributed by atoms with van der Waals surface area (Å²) in [5.74, 6) is 2.29. The van der Waals surface area contributed by atoms with E-state index in [1.165, 1.54) is 22.9 Å². The van der Waals surface area contributed by atoms with Gasteiger partial charge in [-0.05, 0) is 36.8 Å². The summed E-state index contributed by atoms with van der Waals surface area (Å²) in [4.78, 5) is 0. The molecule has 0 amide bonds. The molecule has 0 bridgehead atoms. The smallest absolute Gasteiger partial charge is 0.134 e. The Bertz CT molecular complexity index is 551. The first-order valence-corrected chi connectivity index (χ1v) is 6.29. The molecule has 1 atom stereocenters. The zero-order valence-corrected chi connectivity index (χ0v) is 10.6. The summed E-state index contributed by atoms with van der Waals surface area (Å²) in [6.45, 7) is 4.57. The molecule has 1 heterocycles. The molecule has 90 valence electrons.